The number of carbonyl (C=O) groups excluding carboxylic acids is 2. The minimum atomic E-state index is -0.0589. The van der Waals surface area contributed by atoms with Crippen molar-refractivity contribution in [2.45, 2.75) is 25.8 Å². The highest BCUT2D eigenvalue weighted by atomic mass is 16.5. The summed E-state index contributed by atoms with van der Waals surface area (Å²) >= 11 is 0. The molecule has 1 aliphatic heterocycles. The van der Waals surface area contributed by atoms with Crippen LogP contribution in [0, 0.1) is 5.92 Å². The van der Waals surface area contributed by atoms with Crippen LogP contribution in [0.4, 0.5) is 0 Å². The third kappa shape index (κ3) is 5.09. The molecule has 1 saturated heterocycles. The van der Waals surface area contributed by atoms with Crippen LogP contribution in [0.2, 0.25) is 0 Å². The van der Waals surface area contributed by atoms with Gasteiger partial charge < -0.3 is 19.9 Å². The first-order valence-electron chi connectivity index (χ1n) is 7.17. The maximum atomic E-state index is 12.6. The normalized spacial score (nSPS) is 22.4. The second kappa shape index (κ2) is 8.21. The van der Waals surface area contributed by atoms with E-state index in [1.165, 1.54) is 4.90 Å². The highest BCUT2D eigenvalue weighted by Gasteiger charge is 2.29. The van der Waals surface area contributed by atoms with Gasteiger partial charge in [-0.3, -0.25) is 9.59 Å². The topological polar surface area (TPSA) is 61.9 Å². The summed E-state index contributed by atoms with van der Waals surface area (Å²) in [5.74, 6) is 0.0279. The zero-order valence-corrected chi connectivity index (χ0v) is 13.0. The molecule has 6 nitrogen and oxygen atoms in total. The van der Waals surface area contributed by atoms with E-state index in [0.29, 0.717) is 19.2 Å². The predicted octanol–water partition coefficient (Wildman–Crippen LogP) is -0.0623. The summed E-state index contributed by atoms with van der Waals surface area (Å²) in [5, 5.41) is 3.34. The van der Waals surface area contributed by atoms with E-state index in [1.807, 2.05) is 0 Å². The highest BCUT2D eigenvalue weighted by Crippen LogP contribution is 2.18. The van der Waals surface area contributed by atoms with E-state index in [0.717, 1.165) is 19.4 Å². The molecule has 116 valence electrons. The minimum Gasteiger partial charge on any atom is -0.383 e. The summed E-state index contributed by atoms with van der Waals surface area (Å²) in [5.41, 5.74) is 0. The molecule has 1 heterocycles. The lowest BCUT2D eigenvalue weighted by Crippen LogP contribution is -2.48. The summed E-state index contributed by atoms with van der Waals surface area (Å²) in [6.45, 7) is 3.99. The van der Waals surface area contributed by atoms with Crippen molar-refractivity contribution < 1.29 is 14.3 Å². The van der Waals surface area contributed by atoms with Crippen LogP contribution in [0.15, 0.2) is 0 Å². The molecule has 1 rings (SSSR count). The van der Waals surface area contributed by atoms with E-state index in [-0.39, 0.29) is 24.3 Å². The SMILES string of the molecule is COCCN(CC(=O)N(C)C)C(=O)[C@H]1CCN[C@@H](C)C1. The maximum Gasteiger partial charge on any atom is 0.241 e. The molecule has 2 amide bonds. The lowest BCUT2D eigenvalue weighted by molar-refractivity contribution is -0.143. The monoisotopic (exact) mass is 285 g/mol. The number of piperidine rings is 1. The van der Waals surface area contributed by atoms with Crippen molar-refractivity contribution in [3.05, 3.63) is 0 Å². The number of likely N-dealkylation sites (N-methyl/N-ethyl adjacent to an activating group) is 1. The van der Waals surface area contributed by atoms with Crippen molar-refractivity contribution in [3.63, 3.8) is 0 Å². The smallest absolute Gasteiger partial charge is 0.241 e. The van der Waals surface area contributed by atoms with Crippen molar-refractivity contribution in [1.82, 2.24) is 15.1 Å². The molecule has 20 heavy (non-hydrogen) atoms. The van der Waals surface area contributed by atoms with E-state index in [4.69, 9.17) is 4.74 Å². The van der Waals surface area contributed by atoms with Gasteiger partial charge in [-0.2, -0.15) is 0 Å². The maximum absolute atomic E-state index is 12.6. The molecular formula is C14H27N3O3. The molecule has 0 aromatic heterocycles. The van der Waals surface area contributed by atoms with Gasteiger partial charge in [0.05, 0.1) is 13.2 Å². The van der Waals surface area contributed by atoms with Crippen LogP contribution < -0.4 is 5.32 Å². The van der Waals surface area contributed by atoms with Crippen molar-refractivity contribution in [3.8, 4) is 0 Å². The largest absolute Gasteiger partial charge is 0.383 e. The summed E-state index contributed by atoms with van der Waals surface area (Å²) in [7, 11) is 5.00. The molecule has 0 aromatic carbocycles. The van der Waals surface area contributed by atoms with E-state index in [1.54, 1.807) is 26.1 Å². The molecular weight excluding hydrogens is 258 g/mol. The number of hydrogen-bond donors (Lipinski definition) is 1. The van der Waals surface area contributed by atoms with Crippen molar-refractivity contribution >= 4 is 11.8 Å². The number of amides is 2. The lowest BCUT2D eigenvalue weighted by atomic mass is 9.92. The van der Waals surface area contributed by atoms with E-state index >= 15 is 0 Å². The molecule has 1 fully saturated rings. The fourth-order valence-electron chi connectivity index (χ4n) is 2.39. The number of hydrogen-bond acceptors (Lipinski definition) is 4. The Hall–Kier alpha value is -1.14. The molecule has 0 aliphatic carbocycles. The summed E-state index contributed by atoms with van der Waals surface area (Å²) < 4.78 is 5.04. The fourth-order valence-corrected chi connectivity index (χ4v) is 2.39. The molecule has 1 aliphatic rings. The predicted molar refractivity (Wildman–Crippen MR) is 77.3 cm³/mol. The Labute approximate surface area is 121 Å². The molecule has 0 bridgehead atoms. The van der Waals surface area contributed by atoms with Gasteiger partial charge in [0, 0.05) is 39.7 Å². The van der Waals surface area contributed by atoms with Crippen LogP contribution in [0.1, 0.15) is 19.8 Å². The summed E-state index contributed by atoms with van der Waals surface area (Å²) in [6.07, 6.45) is 1.67. The number of rotatable bonds is 6. The van der Waals surface area contributed by atoms with Crippen LogP contribution in [-0.2, 0) is 14.3 Å². The third-order valence-corrected chi connectivity index (χ3v) is 3.67. The minimum absolute atomic E-state index is 0.0121. The first-order chi connectivity index (χ1) is 9.45. The zero-order chi connectivity index (χ0) is 15.1. The lowest BCUT2D eigenvalue weighted by Gasteiger charge is -2.32. The van der Waals surface area contributed by atoms with Gasteiger partial charge in [0.25, 0.3) is 0 Å². The molecule has 6 heteroatoms. The summed E-state index contributed by atoms with van der Waals surface area (Å²) in [4.78, 5) is 27.6. The van der Waals surface area contributed by atoms with E-state index in [2.05, 4.69) is 12.2 Å². The van der Waals surface area contributed by atoms with Gasteiger partial charge in [0.15, 0.2) is 0 Å². The quantitative estimate of drug-likeness (QED) is 0.742. The van der Waals surface area contributed by atoms with Gasteiger partial charge in [-0.25, -0.2) is 0 Å². The number of ether oxygens (including phenoxy) is 1. The van der Waals surface area contributed by atoms with Gasteiger partial charge in [-0.1, -0.05) is 0 Å². The Morgan fingerprint density at radius 3 is 2.60 bits per heavy atom. The average molecular weight is 285 g/mol. The van der Waals surface area contributed by atoms with Crippen molar-refractivity contribution in [2.75, 3.05) is 47.4 Å². The first kappa shape index (κ1) is 16.9. The van der Waals surface area contributed by atoms with Crippen LogP contribution in [-0.4, -0.2) is 75.1 Å². The first-order valence-corrected chi connectivity index (χ1v) is 7.17. The fraction of sp³-hybridized carbons (Fsp3) is 0.857. The average Bonchev–Trinajstić information content (AvgIpc) is 2.42. The van der Waals surface area contributed by atoms with Crippen molar-refractivity contribution in [1.29, 1.82) is 0 Å². The number of methoxy groups -OCH3 is 1. The van der Waals surface area contributed by atoms with Crippen LogP contribution in [0.5, 0.6) is 0 Å². The van der Waals surface area contributed by atoms with Crippen LogP contribution in [0.25, 0.3) is 0 Å². The van der Waals surface area contributed by atoms with Crippen LogP contribution in [0.3, 0.4) is 0 Å². The molecule has 0 radical (unpaired) electrons. The van der Waals surface area contributed by atoms with Gasteiger partial charge in [0.2, 0.25) is 11.8 Å². The van der Waals surface area contributed by atoms with Crippen molar-refractivity contribution in [2.24, 2.45) is 5.92 Å². The Balaban J connectivity index is 2.65. The molecule has 0 saturated carbocycles. The van der Waals surface area contributed by atoms with Gasteiger partial charge in [0.1, 0.15) is 0 Å². The van der Waals surface area contributed by atoms with Gasteiger partial charge >= 0.3 is 0 Å². The standard InChI is InChI=1S/C14H27N3O3/c1-11-9-12(5-6-15-11)14(19)17(7-8-20-4)10-13(18)16(2)3/h11-12,15H,5-10H2,1-4H3/t11-,12-/m0/s1. The van der Waals surface area contributed by atoms with Gasteiger partial charge in [-0.15, -0.1) is 0 Å². The second-order valence-corrected chi connectivity index (χ2v) is 5.62. The van der Waals surface area contributed by atoms with E-state index < -0.39 is 0 Å². The van der Waals surface area contributed by atoms with Gasteiger partial charge in [-0.05, 0) is 26.3 Å². The Morgan fingerprint density at radius 1 is 1.35 bits per heavy atom. The molecule has 0 spiro atoms. The Morgan fingerprint density at radius 2 is 2.05 bits per heavy atom. The molecule has 1 N–H and O–H groups in total. The van der Waals surface area contributed by atoms with Crippen LogP contribution >= 0.6 is 0 Å². The number of nitrogens with zero attached hydrogens (tertiary/aromatic N) is 2. The van der Waals surface area contributed by atoms with E-state index in [9.17, 15) is 9.59 Å². The zero-order valence-electron chi connectivity index (χ0n) is 13.0. The Bertz CT molecular complexity index is 334. The Kier molecular flexibility index (Phi) is 6.95. The molecule has 0 unspecified atom stereocenters. The third-order valence-electron chi connectivity index (χ3n) is 3.67. The molecule has 2 atom stereocenters. The second-order valence-electron chi connectivity index (χ2n) is 5.62. The highest BCUT2D eigenvalue weighted by molar-refractivity contribution is 5.85. The number of carbonyl (C=O) groups is 2. The number of nitrogens with one attached hydrogen (secondary N) is 1. The molecule has 0 aromatic rings. The summed E-state index contributed by atoms with van der Waals surface area (Å²) in [6, 6.07) is 0.353.